The molecule has 0 fully saturated rings. The Bertz CT molecular complexity index is 687. The van der Waals surface area contributed by atoms with Crippen LogP contribution in [0.3, 0.4) is 0 Å². The fourth-order valence-corrected chi connectivity index (χ4v) is 2.73. The second kappa shape index (κ2) is 6.24. The summed E-state index contributed by atoms with van der Waals surface area (Å²) in [6, 6.07) is 10.2. The Kier molecular flexibility index (Phi) is 4.59. The SMILES string of the molecule is Cc1cccc(Oc2ccc([C@@H](C)N)c(Br)c2)c1[N+](=O)[O-]. The third-order valence-corrected chi connectivity index (χ3v) is 3.76. The summed E-state index contributed by atoms with van der Waals surface area (Å²) in [6.07, 6.45) is 0. The maximum absolute atomic E-state index is 11.1. The van der Waals surface area contributed by atoms with Gasteiger partial charge in [-0.25, -0.2) is 0 Å². The van der Waals surface area contributed by atoms with Gasteiger partial charge in [-0.2, -0.15) is 0 Å². The van der Waals surface area contributed by atoms with Crippen LogP contribution in [0.4, 0.5) is 5.69 Å². The molecule has 2 N–H and O–H groups in total. The number of nitrogens with two attached hydrogens (primary N) is 1. The second-order valence-corrected chi connectivity index (χ2v) is 5.61. The molecule has 0 saturated carbocycles. The van der Waals surface area contributed by atoms with E-state index in [0.29, 0.717) is 11.3 Å². The van der Waals surface area contributed by atoms with E-state index in [1.54, 1.807) is 37.3 Å². The molecule has 0 heterocycles. The van der Waals surface area contributed by atoms with Crippen molar-refractivity contribution < 1.29 is 9.66 Å². The molecule has 0 spiro atoms. The van der Waals surface area contributed by atoms with E-state index in [0.717, 1.165) is 10.0 Å². The number of nitro benzene ring substituents is 1. The molecule has 0 bridgehead atoms. The molecule has 0 aliphatic heterocycles. The smallest absolute Gasteiger partial charge is 0.314 e. The first-order valence-corrected chi connectivity index (χ1v) is 7.16. The van der Waals surface area contributed by atoms with Crippen molar-refractivity contribution in [2.24, 2.45) is 5.73 Å². The van der Waals surface area contributed by atoms with E-state index in [2.05, 4.69) is 15.9 Å². The lowest BCUT2D eigenvalue weighted by Gasteiger charge is -2.12. The van der Waals surface area contributed by atoms with Crippen LogP contribution in [-0.4, -0.2) is 4.92 Å². The minimum atomic E-state index is -0.434. The normalized spacial score (nSPS) is 12.0. The topological polar surface area (TPSA) is 78.4 Å². The Morgan fingerprint density at radius 3 is 2.62 bits per heavy atom. The van der Waals surface area contributed by atoms with Crippen molar-refractivity contribution in [1.29, 1.82) is 0 Å². The maximum Gasteiger partial charge on any atom is 0.314 e. The summed E-state index contributed by atoms with van der Waals surface area (Å²) in [6.45, 7) is 3.56. The van der Waals surface area contributed by atoms with Gasteiger partial charge < -0.3 is 10.5 Å². The Balaban J connectivity index is 2.37. The van der Waals surface area contributed by atoms with Gasteiger partial charge in [0.15, 0.2) is 0 Å². The van der Waals surface area contributed by atoms with Crippen molar-refractivity contribution in [3.8, 4) is 11.5 Å². The van der Waals surface area contributed by atoms with E-state index in [9.17, 15) is 10.1 Å². The molecule has 1 atom stereocenters. The van der Waals surface area contributed by atoms with Crippen LogP contribution < -0.4 is 10.5 Å². The number of rotatable bonds is 4. The molecule has 110 valence electrons. The van der Waals surface area contributed by atoms with E-state index in [-0.39, 0.29) is 17.5 Å². The highest BCUT2D eigenvalue weighted by molar-refractivity contribution is 9.10. The van der Waals surface area contributed by atoms with Crippen LogP contribution in [0, 0.1) is 17.0 Å². The van der Waals surface area contributed by atoms with Crippen molar-refractivity contribution in [2.45, 2.75) is 19.9 Å². The average Bonchev–Trinajstić information content (AvgIpc) is 2.37. The molecule has 2 aromatic carbocycles. The van der Waals surface area contributed by atoms with Gasteiger partial charge in [0.2, 0.25) is 5.75 Å². The predicted octanol–water partition coefficient (Wildman–Crippen LogP) is 4.48. The summed E-state index contributed by atoms with van der Waals surface area (Å²) in [5.74, 6) is 0.737. The second-order valence-electron chi connectivity index (χ2n) is 4.75. The number of benzene rings is 2. The summed E-state index contributed by atoms with van der Waals surface area (Å²) in [7, 11) is 0. The molecule has 0 aromatic heterocycles. The number of nitro groups is 1. The molecule has 5 nitrogen and oxygen atoms in total. The summed E-state index contributed by atoms with van der Waals surface area (Å²) in [5.41, 5.74) is 7.32. The fourth-order valence-electron chi connectivity index (χ4n) is 2.02. The minimum Gasteiger partial charge on any atom is -0.450 e. The molecule has 21 heavy (non-hydrogen) atoms. The average molecular weight is 351 g/mol. The first-order chi connectivity index (χ1) is 9.90. The highest BCUT2D eigenvalue weighted by Crippen LogP contribution is 2.35. The van der Waals surface area contributed by atoms with Crippen LogP contribution in [0.5, 0.6) is 11.5 Å². The molecule has 0 aliphatic carbocycles. The third-order valence-electron chi connectivity index (χ3n) is 3.07. The van der Waals surface area contributed by atoms with Gasteiger partial charge in [-0.3, -0.25) is 10.1 Å². The van der Waals surface area contributed by atoms with Gasteiger partial charge in [0, 0.05) is 16.1 Å². The van der Waals surface area contributed by atoms with Crippen molar-refractivity contribution in [3.63, 3.8) is 0 Å². The van der Waals surface area contributed by atoms with Crippen LogP contribution in [0.1, 0.15) is 24.1 Å². The Morgan fingerprint density at radius 1 is 1.33 bits per heavy atom. The number of ether oxygens (including phenoxy) is 1. The van der Waals surface area contributed by atoms with Crippen molar-refractivity contribution in [1.82, 2.24) is 0 Å². The Hall–Kier alpha value is -1.92. The molecule has 0 aliphatic rings. The minimum absolute atomic E-state index is 0.0232. The third kappa shape index (κ3) is 3.40. The van der Waals surface area contributed by atoms with E-state index in [4.69, 9.17) is 10.5 Å². The molecule has 2 aromatic rings. The standard InChI is InChI=1S/C15H15BrN2O3/c1-9-4-3-5-14(15(9)18(19)20)21-11-6-7-12(10(2)17)13(16)8-11/h3-8,10H,17H2,1-2H3/t10-/m1/s1. The zero-order valence-corrected chi connectivity index (χ0v) is 13.3. The van der Waals surface area contributed by atoms with Crippen LogP contribution in [0.15, 0.2) is 40.9 Å². The highest BCUT2D eigenvalue weighted by atomic mass is 79.9. The lowest BCUT2D eigenvalue weighted by Crippen LogP contribution is -2.05. The predicted molar refractivity (Wildman–Crippen MR) is 84.7 cm³/mol. The van der Waals surface area contributed by atoms with Gasteiger partial charge in [-0.1, -0.05) is 34.1 Å². The monoisotopic (exact) mass is 350 g/mol. The molecule has 2 rings (SSSR count). The molecular formula is C15H15BrN2O3. The van der Waals surface area contributed by atoms with Crippen LogP contribution in [0.2, 0.25) is 0 Å². The number of hydrogen-bond donors (Lipinski definition) is 1. The lowest BCUT2D eigenvalue weighted by atomic mass is 10.1. The Morgan fingerprint density at radius 2 is 2.05 bits per heavy atom. The summed E-state index contributed by atoms with van der Waals surface area (Å²) >= 11 is 3.43. The lowest BCUT2D eigenvalue weighted by molar-refractivity contribution is -0.386. The number of aryl methyl sites for hydroxylation is 1. The van der Waals surface area contributed by atoms with Gasteiger partial charge in [0.1, 0.15) is 5.75 Å². The number of nitrogens with zero attached hydrogens (tertiary/aromatic N) is 1. The molecular weight excluding hydrogens is 336 g/mol. The van der Waals surface area contributed by atoms with Gasteiger partial charge in [-0.15, -0.1) is 0 Å². The van der Waals surface area contributed by atoms with Crippen molar-refractivity contribution in [3.05, 3.63) is 62.1 Å². The van der Waals surface area contributed by atoms with E-state index < -0.39 is 4.92 Å². The molecule has 0 unspecified atom stereocenters. The largest absolute Gasteiger partial charge is 0.450 e. The van der Waals surface area contributed by atoms with E-state index in [1.165, 1.54) is 0 Å². The van der Waals surface area contributed by atoms with Crippen molar-refractivity contribution >= 4 is 21.6 Å². The number of para-hydroxylation sites is 1. The van der Waals surface area contributed by atoms with Crippen LogP contribution >= 0.6 is 15.9 Å². The van der Waals surface area contributed by atoms with Crippen molar-refractivity contribution in [2.75, 3.05) is 0 Å². The molecule has 0 radical (unpaired) electrons. The molecule has 0 amide bonds. The summed E-state index contributed by atoms with van der Waals surface area (Å²) in [5, 5.41) is 11.1. The highest BCUT2D eigenvalue weighted by Gasteiger charge is 2.19. The molecule has 0 saturated heterocycles. The van der Waals surface area contributed by atoms with E-state index in [1.807, 2.05) is 13.0 Å². The zero-order chi connectivity index (χ0) is 15.6. The fraction of sp³-hybridized carbons (Fsp3) is 0.200. The van der Waals surface area contributed by atoms with E-state index >= 15 is 0 Å². The summed E-state index contributed by atoms with van der Waals surface area (Å²) < 4.78 is 6.47. The van der Waals surface area contributed by atoms with Gasteiger partial charge >= 0.3 is 5.69 Å². The van der Waals surface area contributed by atoms with Gasteiger partial charge in [0.25, 0.3) is 0 Å². The quantitative estimate of drug-likeness (QED) is 0.651. The van der Waals surface area contributed by atoms with Crippen LogP contribution in [0.25, 0.3) is 0 Å². The maximum atomic E-state index is 11.1. The first kappa shape index (κ1) is 15.5. The van der Waals surface area contributed by atoms with Gasteiger partial charge in [-0.05, 0) is 37.6 Å². The summed E-state index contributed by atoms with van der Waals surface area (Å²) in [4.78, 5) is 10.7. The number of hydrogen-bond acceptors (Lipinski definition) is 4. The Labute approximate surface area is 131 Å². The van der Waals surface area contributed by atoms with Crippen LogP contribution in [-0.2, 0) is 0 Å². The number of halogens is 1. The first-order valence-electron chi connectivity index (χ1n) is 6.37. The van der Waals surface area contributed by atoms with Gasteiger partial charge in [0.05, 0.1) is 4.92 Å². The zero-order valence-electron chi connectivity index (χ0n) is 11.7. The molecule has 6 heteroatoms.